The maximum absolute atomic E-state index is 5.45. The van der Waals surface area contributed by atoms with Crippen LogP contribution in [0.3, 0.4) is 0 Å². The van der Waals surface area contributed by atoms with Gasteiger partial charge < -0.3 is 9.47 Å². The first-order chi connectivity index (χ1) is 6.86. The lowest BCUT2D eigenvalue weighted by atomic mass is 10.00. The van der Waals surface area contributed by atoms with Gasteiger partial charge in [-0.25, -0.2) is 4.98 Å². The molecule has 14 heavy (non-hydrogen) atoms. The zero-order valence-electron chi connectivity index (χ0n) is 8.41. The van der Waals surface area contributed by atoms with Crippen molar-refractivity contribution in [3.05, 3.63) is 29.5 Å². The molecule has 0 spiro atoms. The second-order valence-electron chi connectivity index (χ2n) is 3.15. The van der Waals surface area contributed by atoms with Gasteiger partial charge in [0.1, 0.15) is 0 Å². The molecule has 0 N–H and O–H groups in total. The van der Waals surface area contributed by atoms with Crippen molar-refractivity contribution < 1.29 is 9.47 Å². The highest BCUT2D eigenvalue weighted by Crippen LogP contribution is 2.30. The molecular formula is C11H13NO2. The fraction of sp³-hybridized carbons (Fsp3) is 0.364. The van der Waals surface area contributed by atoms with E-state index >= 15 is 0 Å². The van der Waals surface area contributed by atoms with Crippen molar-refractivity contribution in [2.75, 3.05) is 13.7 Å². The fourth-order valence-electron chi connectivity index (χ4n) is 1.67. The number of pyridine rings is 1. The third-order valence-electron chi connectivity index (χ3n) is 2.41. The molecule has 74 valence electrons. The van der Waals surface area contributed by atoms with Gasteiger partial charge in [0.15, 0.2) is 0 Å². The highest BCUT2D eigenvalue weighted by Gasteiger charge is 2.18. The molecule has 0 bridgehead atoms. The van der Waals surface area contributed by atoms with E-state index in [0.29, 0.717) is 19.1 Å². The number of methoxy groups -OCH3 is 1. The lowest BCUT2D eigenvalue weighted by Gasteiger charge is -2.20. The number of nitrogens with zero attached hydrogens (tertiary/aromatic N) is 1. The number of ether oxygens (including phenoxy) is 2. The van der Waals surface area contributed by atoms with Gasteiger partial charge in [0.25, 0.3) is 0 Å². The second-order valence-corrected chi connectivity index (χ2v) is 3.15. The fourth-order valence-corrected chi connectivity index (χ4v) is 1.67. The Hall–Kier alpha value is -1.35. The van der Waals surface area contributed by atoms with Gasteiger partial charge in [0.05, 0.1) is 20.3 Å². The van der Waals surface area contributed by atoms with Gasteiger partial charge >= 0.3 is 0 Å². The Morgan fingerprint density at radius 1 is 1.50 bits per heavy atom. The minimum Gasteiger partial charge on any atom is -0.481 e. The maximum Gasteiger partial charge on any atom is 0.219 e. The molecule has 0 aromatic carbocycles. The molecule has 0 aliphatic carbocycles. The molecule has 1 aliphatic rings. The van der Waals surface area contributed by atoms with Crippen LogP contribution in [0, 0.1) is 0 Å². The topological polar surface area (TPSA) is 31.4 Å². The van der Waals surface area contributed by atoms with E-state index in [2.05, 4.69) is 11.1 Å². The van der Waals surface area contributed by atoms with E-state index in [-0.39, 0.29) is 0 Å². The minimum atomic E-state index is 0.587. The van der Waals surface area contributed by atoms with E-state index in [1.54, 1.807) is 13.3 Å². The summed E-state index contributed by atoms with van der Waals surface area (Å²) in [5, 5.41) is 0. The molecule has 2 heterocycles. The third kappa shape index (κ3) is 1.40. The molecule has 3 nitrogen and oxygen atoms in total. The predicted molar refractivity (Wildman–Crippen MR) is 54.1 cm³/mol. The Balaban J connectivity index is 2.55. The van der Waals surface area contributed by atoms with Crippen LogP contribution in [-0.2, 0) is 11.3 Å². The van der Waals surface area contributed by atoms with Gasteiger partial charge in [-0.1, -0.05) is 6.08 Å². The van der Waals surface area contributed by atoms with Crippen molar-refractivity contribution in [1.82, 2.24) is 4.98 Å². The van der Waals surface area contributed by atoms with Crippen LogP contribution >= 0.6 is 0 Å². The van der Waals surface area contributed by atoms with Gasteiger partial charge in [0.2, 0.25) is 5.88 Å². The normalized spacial score (nSPS) is 18.0. The first kappa shape index (κ1) is 9.21. The summed E-state index contributed by atoms with van der Waals surface area (Å²) >= 11 is 0. The Morgan fingerprint density at radius 3 is 3.07 bits per heavy atom. The van der Waals surface area contributed by atoms with Crippen LogP contribution in [0.4, 0.5) is 0 Å². The molecule has 3 heteroatoms. The molecule has 0 amide bonds. The average Bonchev–Trinajstić information content (AvgIpc) is 2.27. The molecule has 0 radical (unpaired) electrons. The Kier molecular flexibility index (Phi) is 2.50. The van der Waals surface area contributed by atoms with Crippen molar-refractivity contribution in [2.45, 2.75) is 13.5 Å². The highest BCUT2D eigenvalue weighted by molar-refractivity contribution is 5.70. The van der Waals surface area contributed by atoms with Crippen LogP contribution in [0.2, 0.25) is 0 Å². The summed E-state index contributed by atoms with van der Waals surface area (Å²) in [6.45, 7) is 3.28. The summed E-state index contributed by atoms with van der Waals surface area (Å²) in [5.41, 5.74) is 3.45. The van der Waals surface area contributed by atoms with Crippen molar-refractivity contribution in [2.24, 2.45) is 0 Å². The summed E-state index contributed by atoms with van der Waals surface area (Å²) in [6.07, 6.45) is 3.84. The second kappa shape index (κ2) is 3.80. The van der Waals surface area contributed by atoms with Crippen LogP contribution < -0.4 is 4.74 Å². The van der Waals surface area contributed by atoms with Crippen LogP contribution in [0.5, 0.6) is 5.88 Å². The van der Waals surface area contributed by atoms with Gasteiger partial charge in [-0.2, -0.15) is 0 Å². The maximum atomic E-state index is 5.45. The SMILES string of the molecule is C/C=C1/COCc2c1ccnc2OC. The van der Waals surface area contributed by atoms with E-state index in [9.17, 15) is 0 Å². The monoisotopic (exact) mass is 191 g/mol. The van der Waals surface area contributed by atoms with Crippen LogP contribution in [-0.4, -0.2) is 18.7 Å². The van der Waals surface area contributed by atoms with Crippen molar-refractivity contribution in [3.63, 3.8) is 0 Å². The van der Waals surface area contributed by atoms with Gasteiger partial charge in [-0.3, -0.25) is 0 Å². The highest BCUT2D eigenvalue weighted by atomic mass is 16.5. The number of fused-ring (bicyclic) bond motifs is 1. The van der Waals surface area contributed by atoms with Crippen molar-refractivity contribution >= 4 is 5.57 Å². The quantitative estimate of drug-likeness (QED) is 0.680. The molecule has 1 aliphatic heterocycles. The number of hydrogen-bond acceptors (Lipinski definition) is 3. The van der Waals surface area contributed by atoms with Gasteiger partial charge in [-0.15, -0.1) is 0 Å². The summed E-state index contributed by atoms with van der Waals surface area (Å²) in [7, 11) is 1.63. The molecule has 0 fully saturated rings. The molecule has 1 aromatic rings. The molecule has 0 saturated heterocycles. The zero-order valence-corrected chi connectivity index (χ0v) is 8.41. The van der Waals surface area contributed by atoms with Crippen LogP contribution in [0.15, 0.2) is 18.3 Å². The molecular weight excluding hydrogens is 178 g/mol. The molecule has 0 atom stereocenters. The molecule has 0 saturated carbocycles. The van der Waals surface area contributed by atoms with Gasteiger partial charge in [0, 0.05) is 11.8 Å². The standard InChI is InChI=1S/C11H13NO2/c1-3-8-6-14-7-10-9(8)4-5-12-11(10)13-2/h3-5H,6-7H2,1-2H3/b8-3-. The molecule has 0 unspecified atom stereocenters. The smallest absolute Gasteiger partial charge is 0.219 e. The summed E-state index contributed by atoms with van der Waals surface area (Å²) < 4.78 is 10.6. The summed E-state index contributed by atoms with van der Waals surface area (Å²) in [5.74, 6) is 0.668. The van der Waals surface area contributed by atoms with Crippen LogP contribution in [0.25, 0.3) is 5.57 Å². The third-order valence-corrected chi connectivity index (χ3v) is 2.41. The Labute approximate surface area is 83.4 Å². The van der Waals surface area contributed by atoms with E-state index in [1.807, 2.05) is 13.0 Å². The van der Waals surface area contributed by atoms with E-state index in [4.69, 9.17) is 9.47 Å². The Bertz CT molecular complexity index is 372. The average molecular weight is 191 g/mol. The number of aromatic nitrogens is 1. The first-order valence-corrected chi connectivity index (χ1v) is 4.62. The zero-order chi connectivity index (χ0) is 9.97. The largest absolute Gasteiger partial charge is 0.481 e. The van der Waals surface area contributed by atoms with E-state index < -0.39 is 0 Å². The van der Waals surface area contributed by atoms with Crippen LogP contribution in [0.1, 0.15) is 18.1 Å². The summed E-state index contributed by atoms with van der Waals surface area (Å²) in [4.78, 5) is 4.15. The molecule has 2 rings (SSSR count). The lowest BCUT2D eigenvalue weighted by Crippen LogP contribution is -2.11. The number of hydrogen-bond donors (Lipinski definition) is 0. The van der Waals surface area contributed by atoms with E-state index in [0.717, 1.165) is 5.56 Å². The molecule has 1 aromatic heterocycles. The van der Waals surface area contributed by atoms with Gasteiger partial charge in [-0.05, 0) is 24.1 Å². The predicted octanol–water partition coefficient (Wildman–Crippen LogP) is 2.02. The first-order valence-electron chi connectivity index (χ1n) is 4.62. The lowest BCUT2D eigenvalue weighted by molar-refractivity contribution is 0.142. The van der Waals surface area contributed by atoms with E-state index in [1.165, 1.54) is 11.1 Å². The summed E-state index contributed by atoms with van der Waals surface area (Å²) in [6, 6.07) is 2.01. The van der Waals surface area contributed by atoms with Crippen molar-refractivity contribution in [3.8, 4) is 5.88 Å². The minimum absolute atomic E-state index is 0.587. The van der Waals surface area contributed by atoms with Crippen molar-refractivity contribution in [1.29, 1.82) is 0 Å². The number of rotatable bonds is 1. The number of allylic oxidation sites excluding steroid dienone is 1. The Morgan fingerprint density at radius 2 is 2.36 bits per heavy atom.